The fourth-order valence-electron chi connectivity index (χ4n) is 2.44. The maximum absolute atomic E-state index is 13.9. The quantitative estimate of drug-likeness (QED) is 0.807. The number of nitrogens with zero attached hydrogens (tertiary/aromatic N) is 1. The highest BCUT2D eigenvalue weighted by atomic mass is 35.5. The molecule has 0 atom stereocenters. The van der Waals surface area contributed by atoms with Crippen LogP contribution in [-0.4, -0.2) is 0 Å². The van der Waals surface area contributed by atoms with Crippen LogP contribution in [0.2, 0.25) is 5.02 Å². The van der Waals surface area contributed by atoms with E-state index in [0.717, 1.165) is 23.3 Å². The summed E-state index contributed by atoms with van der Waals surface area (Å²) in [4.78, 5) is 1.76. The molecule has 0 aliphatic carbocycles. The number of halogens is 3. The van der Waals surface area contributed by atoms with Gasteiger partial charge < -0.3 is 10.6 Å². The first-order valence-electron chi connectivity index (χ1n) is 5.82. The number of anilines is 2. The second-order valence-electron chi connectivity index (χ2n) is 4.56. The average molecular weight is 281 g/mol. The van der Waals surface area contributed by atoms with E-state index in [2.05, 4.69) is 0 Å². The number of hydrogen-bond donors (Lipinski definition) is 1. The zero-order valence-corrected chi connectivity index (χ0v) is 10.7. The van der Waals surface area contributed by atoms with Crippen molar-refractivity contribution >= 4 is 23.0 Å². The topological polar surface area (TPSA) is 29.3 Å². The molecule has 0 saturated carbocycles. The summed E-state index contributed by atoms with van der Waals surface area (Å²) >= 11 is 5.94. The predicted octanol–water partition coefficient (Wildman–Crippen LogP) is 3.72. The van der Waals surface area contributed by atoms with E-state index in [1.807, 2.05) is 18.2 Å². The Balaban J connectivity index is 2.02. The molecular formula is C14H11ClF2N2. The molecule has 0 spiro atoms. The third-order valence-corrected chi connectivity index (χ3v) is 3.61. The minimum atomic E-state index is -0.678. The van der Waals surface area contributed by atoms with E-state index in [-0.39, 0.29) is 10.7 Å². The SMILES string of the molecule is Nc1cccc2c1CN(c1c(F)cc(F)cc1Cl)C2. The Bertz CT molecular complexity index is 635. The number of fused-ring (bicyclic) bond motifs is 1. The minimum Gasteiger partial charge on any atom is -0.398 e. The minimum absolute atomic E-state index is 0.0730. The lowest BCUT2D eigenvalue weighted by Gasteiger charge is -2.20. The van der Waals surface area contributed by atoms with Gasteiger partial charge in [0.15, 0.2) is 5.82 Å². The van der Waals surface area contributed by atoms with Crippen molar-refractivity contribution in [2.24, 2.45) is 0 Å². The summed E-state index contributed by atoms with van der Waals surface area (Å²) in [5, 5.41) is 0.0730. The molecule has 0 bridgehead atoms. The second kappa shape index (κ2) is 4.38. The van der Waals surface area contributed by atoms with Gasteiger partial charge in [0.05, 0.1) is 10.7 Å². The highest BCUT2D eigenvalue weighted by Gasteiger charge is 2.25. The van der Waals surface area contributed by atoms with E-state index in [9.17, 15) is 8.78 Å². The molecule has 0 fully saturated rings. The van der Waals surface area contributed by atoms with Crippen LogP contribution in [-0.2, 0) is 13.1 Å². The van der Waals surface area contributed by atoms with Crippen molar-refractivity contribution in [3.8, 4) is 0 Å². The van der Waals surface area contributed by atoms with Crippen LogP contribution in [0.5, 0.6) is 0 Å². The smallest absolute Gasteiger partial charge is 0.150 e. The van der Waals surface area contributed by atoms with Gasteiger partial charge >= 0.3 is 0 Å². The van der Waals surface area contributed by atoms with E-state index in [1.54, 1.807) is 4.90 Å². The lowest BCUT2D eigenvalue weighted by atomic mass is 10.1. The molecule has 2 aromatic rings. The number of hydrogen-bond acceptors (Lipinski definition) is 2. The maximum Gasteiger partial charge on any atom is 0.150 e. The third-order valence-electron chi connectivity index (χ3n) is 3.32. The van der Waals surface area contributed by atoms with Crippen LogP contribution < -0.4 is 10.6 Å². The third kappa shape index (κ3) is 2.02. The van der Waals surface area contributed by atoms with E-state index in [0.29, 0.717) is 18.8 Å². The standard InChI is InChI=1S/C14H11ClF2N2/c15-11-4-9(16)5-12(17)14(11)19-6-8-2-1-3-13(18)10(8)7-19/h1-5H,6-7,18H2. The second-order valence-corrected chi connectivity index (χ2v) is 4.97. The van der Waals surface area contributed by atoms with Gasteiger partial charge in [0.2, 0.25) is 0 Å². The van der Waals surface area contributed by atoms with Gasteiger partial charge in [-0.05, 0) is 23.3 Å². The molecule has 0 unspecified atom stereocenters. The van der Waals surface area contributed by atoms with Gasteiger partial charge in [-0.3, -0.25) is 0 Å². The van der Waals surface area contributed by atoms with Crippen LogP contribution in [0.4, 0.5) is 20.2 Å². The first-order chi connectivity index (χ1) is 9.06. The predicted molar refractivity (Wildman–Crippen MR) is 72.1 cm³/mol. The lowest BCUT2D eigenvalue weighted by Crippen LogP contribution is -2.17. The van der Waals surface area contributed by atoms with Crippen molar-refractivity contribution in [2.75, 3.05) is 10.6 Å². The van der Waals surface area contributed by atoms with Crippen molar-refractivity contribution in [3.63, 3.8) is 0 Å². The van der Waals surface area contributed by atoms with Gasteiger partial charge in [0.1, 0.15) is 5.82 Å². The molecule has 5 heteroatoms. The Morgan fingerprint density at radius 3 is 2.63 bits per heavy atom. The monoisotopic (exact) mass is 280 g/mol. The Labute approximate surface area is 114 Å². The number of nitrogen functional groups attached to an aromatic ring is 1. The largest absolute Gasteiger partial charge is 0.398 e. The molecule has 0 saturated heterocycles. The summed E-state index contributed by atoms with van der Waals surface area (Å²) < 4.78 is 26.9. The first-order valence-corrected chi connectivity index (χ1v) is 6.20. The fourth-order valence-corrected chi connectivity index (χ4v) is 2.76. The van der Waals surface area contributed by atoms with Gasteiger partial charge in [-0.25, -0.2) is 8.78 Å². The molecule has 2 aromatic carbocycles. The van der Waals surface area contributed by atoms with Crippen LogP contribution in [0, 0.1) is 11.6 Å². The lowest BCUT2D eigenvalue weighted by molar-refractivity contribution is 0.579. The van der Waals surface area contributed by atoms with Crippen molar-refractivity contribution in [2.45, 2.75) is 13.1 Å². The zero-order valence-electron chi connectivity index (χ0n) is 9.96. The average Bonchev–Trinajstić information content (AvgIpc) is 2.72. The highest BCUT2D eigenvalue weighted by molar-refractivity contribution is 6.33. The maximum atomic E-state index is 13.9. The molecular weight excluding hydrogens is 270 g/mol. The fraction of sp³-hybridized carbons (Fsp3) is 0.143. The highest BCUT2D eigenvalue weighted by Crippen LogP contribution is 2.37. The summed E-state index contributed by atoms with van der Waals surface area (Å²) in [5.74, 6) is -1.33. The Morgan fingerprint density at radius 2 is 1.95 bits per heavy atom. The van der Waals surface area contributed by atoms with Crippen molar-refractivity contribution in [1.82, 2.24) is 0 Å². The molecule has 1 aliphatic heterocycles. The molecule has 19 heavy (non-hydrogen) atoms. The van der Waals surface area contributed by atoms with Crippen molar-refractivity contribution in [3.05, 3.63) is 58.1 Å². The van der Waals surface area contributed by atoms with Gasteiger partial charge in [-0.1, -0.05) is 23.7 Å². The van der Waals surface area contributed by atoms with Crippen LogP contribution in [0.15, 0.2) is 30.3 Å². The van der Waals surface area contributed by atoms with Crippen LogP contribution in [0.25, 0.3) is 0 Å². The van der Waals surface area contributed by atoms with E-state index in [1.165, 1.54) is 0 Å². The normalized spacial score (nSPS) is 13.7. The van der Waals surface area contributed by atoms with Crippen molar-refractivity contribution < 1.29 is 8.78 Å². The Morgan fingerprint density at radius 1 is 1.16 bits per heavy atom. The summed E-state index contributed by atoms with van der Waals surface area (Å²) in [6, 6.07) is 7.58. The number of nitrogens with two attached hydrogens (primary N) is 1. The Hall–Kier alpha value is -1.81. The van der Waals surface area contributed by atoms with E-state index >= 15 is 0 Å². The van der Waals surface area contributed by atoms with Crippen LogP contribution in [0.1, 0.15) is 11.1 Å². The molecule has 1 heterocycles. The van der Waals surface area contributed by atoms with Gasteiger partial charge in [0.25, 0.3) is 0 Å². The van der Waals surface area contributed by atoms with Crippen LogP contribution >= 0.6 is 11.6 Å². The molecule has 98 valence electrons. The summed E-state index contributed by atoms with van der Waals surface area (Å²) in [7, 11) is 0. The van der Waals surface area contributed by atoms with E-state index in [4.69, 9.17) is 17.3 Å². The summed E-state index contributed by atoms with van der Waals surface area (Å²) in [6.45, 7) is 0.993. The molecule has 0 radical (unpaired) electrons. The van der Waals surface area contributed by atoms with Gasteiger partial charge in [-0.2, -0.15) is 0 Å². The van der Waals surface area contributed by atoms with Crippen molar-refractivity contribution in [1.29, 1.82) is 0 Å². The summed E-state index contributed by atoms with van der Waals surface area (Å²) in [5.41, 5.74) is 8.82. The Kier molecular flexibility index (Phi) is 2.82. The van der Waals surface area contributed by atoms with Gasteiger partial charge in [0, 0.05) is 24.8 Å². The van der Waals surface area contributed by atoms with E-state index < -0.39 is 11.6 Å². The molecule has 0 amide bonds. The summed E-state index contributed by atoms with van der Waals surface area (Å²) in [6.07, 6.45) is 0. The number of benzene rings is 2. The molecule has 1 aliphatic rings. The molecule has 2 N–H and O–H groups in total. The molecule has 2 nitrogen and oxygen atoms in total. The zero-order chi connectivity index (χ0) is 13.6. The van der Waals surface area contributed by atoms with Crippen LogP contribution in [0.3, 0.4) is 0 Å². The van der Waals surface area contributed by atoms with Gasteiger partial charge in [-0.15, -0.1) is 0 Å². The molecule has 0 aromatic heterocycles. The molecule has 3 rings (SSSR count). The number of rotatable bonds is 1. The first kappa shape index (κ1) is 12.2.